The summed E-state index contributed by atoms with van der Waals surface area (Å²) in [6, 6.07) is 6.94. The number of hydrogen-bond donors (Lipinski definition) is 2. The van der Waals surface area contributed by atoms with E-state index in [-0.39, 0.29) is 5.75 Å². The van der Waals surface area contributed by atoms with Crippen molar-refractivity contribution in [3.63, 3.8) is 0 Å². The van der Waals surface area contributed by atoms with E-state index in [0.717, 1.165) is 6.54 Å². The van der Waals surface area contributed by atoms with Crippen molar-refractivity contribution < 1.29 is 9.84 Å². The Hall–Kier alpha value is -1.22. The lowest BCUT2D eigenvalue weighted by Crippen LogP contribution is -2.15. The molecule has 1 rings (SSSR count). The number of phenols is 1. The van der Waals surface area contributed by atoms with Crippen molar-refractivity contribution in [1.82, 2.24) is 5.32 Å². The molecule has 0 heterocycles. The number of rotatable bonds is 4. The monoisotopic (exact) mass is 167 g/mol. The van der Waals surface area contributed by atoms with E-state index in [0.29, 0.717) is 12.4 Å². The van der Waals surface area contributed by atoms with E-state index < -0.39 is 0 Å². The van der Waals surface area contributed by atoms with Gasteiger partial charge in [0.1, 0.15) is 6.61 Å². The topological polar surface area (TPSA) is 41.5 Å². The van der Waals surface area contributed by atoms with Crippen molar-refractivity contribution in [1.29, 1.82) is 0 Å². The van der Waals surface area contributed by atoms with Gasteiger partial charge in [0.15, 0.2) is 11.5 Å². The number of aromatic hydroxyl groups is 1. The average molecular weight is 167 g/mol. The van der Waals surface area contributed by atoms with Gasteiger partial charge in [-0.1, -0.05) is 12.1 Å². The van der Waals surface area contributed by atoms with Crippen molar-refractivity contribution in [2.24, 2.45) is 0 Å². The second kappa shape index (κ2) is 4.62. The largest absolute Gasteiger partial charge is 0.504 e. The molecule has 0 aliphatic rings. The van der Waals surface area contributed by atoms with Crippen molar-refractivity contribution in [2.75, 3.05) is 20.2 Å². The van der Waals surface area contributed by atoms with Gasteiger partial charge in [-0.05, 0) is 19.2 Å². The molecule has 3 heteroatoms. The van der Waals surface area contributed by atoms with E-state index in [2.05, 4.69) is 5.32 Å². The lowest BCUT2D eigenvalue weighted by Gasteiger charge is -2.06. The van der Waals surface area contributed by atoms with E-state index in [1.54, 1.807) is 18.2 Å². The SMILES string of the molecule is CNCCOc1ccccc1O. The minimum Gasteiger partial charge on any atom is -0.504 e. The third kappa shape index (κ3) is 2.43. The van der Waals surface area contributed by atoms with Crippen LogP contribution in [0.2, 0.25) is 0 Å². The first kappa shape index (κ1) is 8.87. The number of hydrogen-bond acceptors (Lipinski definition) is 3. The van der Waals surface area contributed by atoms with E-state index in [1.807, 2.05) is 13.1 Å². The molecule has 3 nitrogen and oxygen atoms in total. The van der Waals surface area contributed by atoms with Gasteiger partial charge in [-0.15, -0.1) is 0 Å². The lowest BCUT2D eigenvalue weighted by molar-refractivity contribution is 0.300. The third-order valence-corrected chi connectivity index (χ3v) is 1.47. The van der Waals surface area contributed by atoms with Crippen molar-refractivity contribution >= 4 is 0 Å². The first-order valence-corrected chi connectivity index (χ1v) is 3.90. The van der Waals surface area contributed by atoms with Gasteiger partial charge in [-0.2, -0.15) is 0 Å². The lowest BCUT2D eigenvalue weighted by atomic mass is 10.3. The van der Waals surface area contributed by atoms with Crippen LogP contribution in [0, 0.1) is 0 Å². The van der Waals surface area contributed by atoms with Gasteiger partial charge in [0.25, 0.3) is 0 Å². The molecule has 0 aliphatic heterocycles. The predicted octanol–water partition coefficient (Wildman–Crippen LogP) is 0.990. The Morgan fingerprint density at radius 1 is 1.42 bits per heavy atom. The smallest absolute Gasteiger partial charge is 0.160 e. The molecule has 0 spiro atoms. The number of likely N-dealkylation sites (N-methyl/N-ethyl adjacent to an activating group) is 1. The van der Waals surface area contributed by atoms with E-state index >= 15 is 0 Å². The summed E-state index contributed by atoms with van der Waals surface area (Å²) in [5.74, 6) is 0.723. The zero-order valence-corrected chi connectivity index (χ0v) is 7.08. The highest BCUT2D eigenvalue weighted by Gasteiger charge is 1.97. The first-order chi connectivity index (χ1) is 5.84. The molecule has 0 bridgehead atoms. The summed E-state index contributed by atoms with van der Waals surface area (Å²) in [6.07, 6.45) is 0. The highest BCUT2D eigenvalue weighted by Crippen LogP contribution is 2.23. The highest BCUT2D eigenvalue weighted by atomic mass is 16.5. The third-order valence-electron chi connectivity index (χ3n) is 1.47. The zero-order valence-electron chi connectivity index (χ0n) is 7.08. The molecule has 0 fully saturated rings. The summed E-state index contributed by atoms with van der Waals surface area (Å²) in [4.78, 5) is 0. The Morgan fingerprint density at radius 3 is 2.83 bits per heavy atom. The fourth-order valence-electron chi connectivity index (χ4n) is 0.842. The molecule has 0 aromatic heterocycles. The number of para-hydroxylation sites is 2. The standard InChI is InChI=1S/C9H13NO2/c1-10-6-7-12-9-5-3-2-4-8(9)11/h2-5,10-11H,6-7H2,1H3. The maximum atomic E-state index is 9.26. The van der Waals surface area contributed by atoms with Crippen molar-refractivity contribution in [3.05, 3.63) is 24.3 Å². The maximum Gasteiger partial charge on any atom is 0.160 e. The summed E-state index contributed by atoms with van der Waals surface area (Å²) in [5.41, 5.74) is 0. The number of nitrogens with one attached hydrogen (secondary N) is 1. The normalized spacial score (nSPS) is 9.75. The van der Waals surface area contributed by atoms with Crippen LogP contribution in [0.1, 0.15) is 0 Å². The Bertz CT molecular complexity index is 238. The summed E-state index contributed by atoms with van der Waals surface area (Å²) in [6.45, 7) is 1.34. The second-order valence-corrected chi connectivity index (χ2v) is 2.42. The van der Waals surface area contributed by atoms with Gasteiger partial charge in [-0.3, -0.25) is 0 Å². The molecule has 1 aromatic rings. The Kier molecular flexibility index (Phi) is 3.41. The molecule has 0 aliphatic carbocycles. The van der Waals surface area contributed by atoms with Gasteiger partial charge in [-0.25, -0.2) is 0 Å². The molecule has 0 atom stereocenters. The van der Waals surface area contributed by atoms with E-state index in [9.17, 15) is 5.11 Å². The van der Waals surface area contributed by atoms with Gasteiger partial charge < -0.3 is 15.2 Å². The second-order valence-electron chi connectivity index (χ2n) is 2.42. The molecular formula is C9H13NO2. The van der Waals surface area contributed by atoms with Crippen LogP contribution in [0.15, 0.2) is 24.3 Å². The molecule has 2 N–H and O–H groups in total. The molecular weight excluding hydrogens is 154 g/mol. The predicted molar refractivity (Wildman–Crippen MR) is 47.5 cm³/mol. The number of benzene rings is 1. The summed E-state index contributed by atoms with van der Waals surface area (Å²) in [7, 11) is 1.86. The number of phenolic OH excluding ortho intramolecular Hbond substituents is 1. The van der Waals surface area contributed by atoms with Crippen LogP contribution in [0.25, 0.3) is 0 Å². The average Bonchev–Trinajstić information content (AvgIpc) is 2.09. The van der Waals surface area contributed by atoms with Crippen LogP contribution in [-0.4, -0.2) is 25.3 Å². The number of ether oxygens (including phenoxy) is 1. The van der Waals surface area contributed by atoms with Crippen LogP contribution < -0.4 is 10.1 Å². The fraction of sp³-hybridized carbons (Fsp3) is 0.333. The van der Waals surface area contributed by atoms with Crippen LogP contribution in [0.3, 0.4) is 0 Å². The van der Waals surface area contributed by atoms with Gasteiger partial charge >= 0.3 is 0 Å². The van der Waals surface area contributed by atoms with Gasteiger partial charge in [0.05, 0.1) is 0 Å². The van der Waals surface area contributed by atoms with Gasteiger partial charge in [0.2, 0.25) is 0 Å². The molecule has 0 amide bonds. The molecule has 12 heavy (non-hydrogen) atoms. The van der Waals surface area contributed by atoms with E-state index in [1.165, 1.54) is 0 Å². The van der Waals surface area contributed by atoms with Crippen molar-refractivity contribution in [3.8, 4) is 11.5 Å². The minimum atomic E-state index is 0.189. The molecule has 0 unspecified atom stereocenters. The molecule has 0 radical (unpaired) electrons. The Morgan fingerprint density at radius 2 is 2.17 bits per heavy atom. The zero-order chi connectivity index (χ0) is 8.81. The maximum absolute atomic E-state index is 9.26. The fourth-order valence-corrected chi connectivity index (χ4v) is 0.842. The molecule has 66 valence electrons. The Balaban J connectivity index is 2.46. The van der Waals surface area contributed by atoms with Gasteiger partial charge in [0, 0.05) is 6.54 Å². The first-order valence-electron chi connectivity index (χ1n) is 3.90. The molecule has 0 saturated heterocycles. The highest BCUT2D eigenvalue weighted by molar-refractivity contribution is 5.37. The summed E-state index contributed by atoms with van der Waals surface area (Å²) >= 11 is 0. The van der Waals surface area contributed by atoms with Crippen molar-refractivity contribution in [2.45, 2.75) is 0 Å². The van der Waals surface area contributed by atoms with E-state index in [4.69, 9.17) is 4.74 Å². The molecule has 1 aromatic carbocycles. The van der Waals surface area contributed by atoms with Crippen LogP contribution in [0.4, 0.5) is 0 Å². The minimum absolute atomic E-state index is 0.189. The van der Waals surface area contributed by atoms with Crippen LogP contribution in [-0.2, 0) is 0 Å². The quantitative estimate of drug-likeness (QED) is 0.657. The Labute approximate surface area is 72.0 Å². The molecule has 0 saturated carbocycles. The van der Waals surface area contributed by atoms with Crippen LogP contribution >= 0.6 is 0 Å². The van der Waals surface area contributed by atoms with Crippen LogP contribution in [0.5, 0.6) is 11.5 Å². The summed E-state index contributed by atoms with van der Waals surface area (Å²) < 4.78 is 5.26. The summed E-state index contributed by atoms with van der Waals surface area (Å²) in [5, 5.41) is 12.2.